The van der Waals surface area contributed by atoms with E-state index in [1.54, 1.807) is 12.7 Å². The zero-order valence-electron chi connectivity index (χ0n) is 7.91. The van der Waals surface area contributed by atoms with Crippen molar-refractivity contribution < 1.29 is 0 Å². The second-order valence-corrected chi connectivity index (χ2v) is 3.23. The van der Waals surface area contributed by atoms with Crippen LogP contribution in [-0.2, 0) is 5.31 Å². The van der Waals surface area contributed by atoms with E-state index in [9.17, 15) is 0 Å². The maximum atomic E-state index is 4.17. The summed E-state index contributed by atoms with van der Waals surface area (Å²) in [5.74, 6) is 0.905. The van der Waals surface area contributed by atoms with Gasteiger partial charge >= 0.3 is 0 Å². The van der Waals surface area contributed by atoms with Crippen molar-refractivity contribution in [1.29, 1.82) is 0 Å². The van der Waals surface area contributed by atoms with Crippen LogP contribution in [0.2, 0.25) is 0 Å². The molecule has 0 aliphatic heterocycles. The molecule has 1 rings (SSSR count). The van der Waals surface area contributed by atoms with E-state index in [-0.39, 0.29) is 5.31 Å². The fourth-order valence-corrected chi connectivity index (χ4v) is 1.12. The van der Waals surface area contributed by atoms with Crippen molar-refractivity contribution in [3.63, 3.8) is 0 Å². The van der Waals surface area contributed by atoms with Crippen LogP contribution in [0.25, 0.3) is 0 Å². The molecule has 0 bridgehead atoms. The maximum Gasteiger partial charge on any atom is 0.130 e. The van der Waals surface area contributed by atoms with E-state index in [0.717, 1.165) is 18.7 Å². The van der Waals surface area contributed by atoms with Crippen molar-refractivity contribution in [1.82, 2.24) is 15.0 Å². The lowest BCUT2D eigenvalue weighted by atomic mass is 9.64. The molecule has 1 aromatic rings. The van der Waals surface area contributed by atoms with Gasteiger partial charge in [-0.15, -0.1) is 0 Å². The summed E-state index contributed by atoms with van der Waals surface area (Å²) in [6, 6.07) is 0. The molecular weight excluding hydrogens is 149 g/mol. The molecule has 0 spiro atoms. The predicted molar refractivity (Wildman–Crippen MR) is 50.6 cm³/mol. The molecule has 0 saturated carbocycles. The highest BCUT2D eigenvalue weighted by molar-refractivity contribution is 6.15. The van der Waals surface area contributed by atoms with Crippen LogP contribution >= 0.6 is 0 Å². The second kappa shape index (κ2) is 3.65. The van der Waals surface area contributed by atoms with Crippen LogP contribution in [0.3, 0.4) is 0 Å². The summed E-state index contributed by atoms with van der Waals surface area (Å²) in [5.41, 5.74) is 0. The predicted octanol–water partition coefficient (Wildman–Crippen LogP) is 0.520. The first-order valence-electron chi connectivity index (χ1n) is 4.35. The summed E-state index contributed by atoms with van der Waals surface area (Å²) in [4.78, 5) is 12.1. The first kappa shape index (κ1) is 9.17. The van der Waals surface area contributed by atoms with Crippen molar-refractivity contribution in [3.05, 3.63) is 18.5 Å². The van der Waals surface area contributed by atoms with Crippen LogP contribution in [0.15, 0.2) is 12.7 Å². The van der Waals surface area contributed by atoms with Gasteiger partial charge in [-0.1, -0.05) is 26.7 Å². The molecule has 0 atom stereocenters. The van der Waals surface area contributed by atoms with Crippen molar-refractivity contribution in [2.24, 2.45) is 0 Å². The van der Waals surface area contributed by atoms with Gasteiger partial charge in [-0.2, -0.15) is 0 Å². The summed E-state index contributed by atoms with van der Waals surface area (Å²) in [6.45, 7) is 4.32. The molecule has 0 aromatic carbocycles. The SMILES string of the molecule is BC(CC)(CC)c1ncncn1. The fraction of sp³-hybridized carbons (Fsp3) is 0.625. The molecule has 3 nitrogen and oxygen atoms in total. The molecule has 0 N–H and O–H groups in total. The topological polar surface area (TPSA) is 38.7 Å². The van der Waals surface area contributed by atoms with Gasteiger partial charge in [-0.05, 0) is 5.31 Å². The Labute approximate surface area is 74.1 Å². The molecule has 0 unspecified atom stereocenters. The molecule has 0 radical (unpaired) electrons. The van der Waals surface area contributed by atoms with Gasteiger partial charge in [-0.25, -0.2) is 15.0 Å². The normalized spacial score (nSPS) is 11.5. The first-order valence-corrected chi connectivity index (χ1v) is 4.35. The summed E-state index contributed by atoms with van der Waals surface area (Å²) in [7, 11) is 2.18. The fourth-order valence-electron chi connectivity index (χ4n) is 1.12. The van der Waals surface area contributed by atoms with Crippen LogP contribution < -0.4 is 0 Å². The van der Waals surface area contributed by atoms with E-state index in [1.807, 2.05) is 0 Å². The molecule has 4 heteroatoms. The molecule has 0 aliphatic carbocycles. The third-order valence-electron chi connectivity index (χ3n) is 2.59. The Morgan fingerprint density at radius 2 is 1.75 bits per heavy atom. The minimum Gasteiger partial charge on any atom is -0.225 e. The van der Waals surface area contributed by atoms with Crippen LogP contribution in [0.1, 0.15) is 32.5 Å². The summed E-state index contributed by atoms with van der Waals surface area (Å²) in [5, 5.41) is 0.114. The van der Waals surface area contributed by atoms with Crippen LogP contribution in [0, 0.1) is 0 Å². The van der Waals surface area contributed by atoms with E-state index in [1.165, 1.54) is 0 Å². The van der Waals surface area contributed by atoms with Crippen molar-refractivity contribution in [2.45, 2.75) is 32.0 Å². The highest BCUT2D eigenvalue weighted by Crippen LogP contribution is 2.23. The summed E-state index contributed by atoms with van der Waals surface area (Å²) in [6.07, 6.45) is 5.25. The molecule has 0 aliphatic rings. The van der Waals surface area contributed by atoms with Gasteiger partial charge in [0.25, 0.3) is 0 Å². The Kier molecular flexibility index (Phi) is 2.79. The zero-order chi connectivity index (χ0) is 9.03. The van der Waals surface area contributed by atoms with Gasteiger partial charge in [0.2, 0.25) is 0 Å². The highest BCUT2D eigenvalue weighted by Gasteiger charge is 2.24. The maximum absolute atomic E-state index is 4.17. The number of hydrogen-bond acceptors (Lipinski definition) is 3. The van der Waals surface area contributed by atoms with Gasteiger partial charge in [0.15, 0.2) is 0 Å². The molecular formula is C8H14BN3. The zero-order valence-corrected chi connectivity index (χ0v) is 7.91. The average molecular weight is 163 g/mol. The molecule has 1 aromatic heterocycles. The first-order chi connectivity index (χ1) is 5.73. The van der Waals surface area contributed by atoms with E-state index in [2.05, 4.69) is 36.6 Å². The van der Waals surface area contributed by atoms with Crippen molar-refractivity contribution >= 4 is 7.85 Å². The summed E-state index contributed by atoms with van der Waals surface area (Å²) < 4.78 is 0. The molecule has 64 valence electrons. The highest BCUT2D eigenvalue weighted by atomic mass is 15.0. The van der Waals surface area contributed by atoms with Gasteiger partial charge in [0.1, 0.15) is 26.3 Å². The molecule has 12 heavy (non-hydrogen) atoms. The minimum absolute atomic E-state index is 0.114. The molecule has 0 amide bonds. The average Bonchev–Trinajstić information content (AvgIpc) is 2.18. The van der Waals surface area contributed by atoms with Crippen molar-refractivity contribution in [3.8, 4) is 0 Å². The lowest BCUT2D eigenvalue weighted by Crippen LogP contribution is -2.27. The second-order valence-electron chi connectivity index (χ2n) is 3.23. The van der Waals surface area contributed by atoms with E-state index >= 15 is 0 Å². The van der Waals surface area contributed by atoms with E-state index < -0.39 is 0 Å². The lowest BCUT2D eigenvalue weighted by Gasteiger charge is -2.23. The lowest BCUT2D eigenvalue weighted by molar-refractivity contribution is 0.526. The van der Waals surface area contributed by atoms with Crippen LogP contribution in [0.5, 0.6) is 0 Å². The monoisotopic (exact) mass is 163 g/mol. The van der Waals surface area contributed by atoms with Crippen LogP contribution in [-0.4, -0.2) is 22.8 Å². The standard InChI is InChI=1S/C8H14BN3/c1-3-8(9,4-2)7-11-5-10-6-12-7/h5-6H,3-4,9H2,1-2H3. The van der Waals surface area contributed by atoms with Gasteiger partial charge in [0, 0.05) is 0 Å². The Hall–Kier alpha value is -0.925. The van der Waals surface area contributed by atoms with E-state index in [4.69, 9.17) is 0 Å². The van der Waals surface area contributed by atoms with Gasteiger partial charge in [-0.3, -0.25) is 0 Å². The largest absolute Gasteiger partial charge is 0.225 e. The number of nitrogens with zero attached hydrogens (tertiary/aromatic N) is 3. The van der Waals surface area contributed by atoms with E-state index in [0.29, 0.717) is 0 Å². The molecule has 0 fully saturated rings. The third kappa shape index (κ3) is 1.63. The van der Waals surface area contributed by atoms with Crippen LogP contribution in [0.4, 0.5) is 0 Å². The third-order valence-corrected chi connectivity index (χ3v) is 2.59. The Morgan fingerprint density at radius 1 is 1.25 bits per heavy atom. The van der Waals surface area contributed by atoms with Gasteiger partial charge < -0.3 is 0 Å². The van der Waals surface area contributed by atoms with Gasteiger partial charge in [0.05, 0.1) is 0 Å². The molecule has 1 heterocycles. The smallest absolute Gasteiger partial charge is 0.130 e. The number of rotatable bonds is 3. The number of hydrogen-bond donors (Lipinski definition) is 0. The minimum atomic E-state index is 0.114. The Bertz CT molecular complexity index is 233. The quantitative estimate of drug-likeness (QED) is 0.609. The van der Waals surface area contributed by atoms with Crippen molar-refractivity contribution in [2.75, 3.05) is 0 Å². The molecule has 0 saturated heterocycles. The Balaban J connectivity index is 2.95. The number of aromatic nitrogens is 3. The summed E-state index contributed by atoms with van der Waals surface area (Å²) >= 11 is 0. The Morgan fingerprint density at radius 3 is 2.17 bits per heavy atom.